The van der Waals surface area contributed by atoms with E-state index in [9.17, 15) is 0 Å². The molecular formula is C17H12BrClN4S. The number of aromatic nitrogens is 3. The Kier molecular flexibility index (Phi) is 4.26. The lowest BCUT2D eigenvalue weighted by Gasteiger charge is -2.03. The van der Waals surface area contributed by atoms with Crippen LogP contribution in [0.25, 0.3) is 22.4 Å². The molecule has 0 aliphatic carbocycles. The molecule has 0 bridgehead atoms. The van der Waals surface area contributed by atoms with Crippen LogP contribution < -0.4 is 5.32 Å². The highest BCUT2D eigenvalue weighted by Gasteiger charge is 2.06. The van der Waals surface area contributed by atoms with Gasteiger partial charge in [0.2, 0.25) is 0 Å². The number of anilines is 1. The SMILES string of the molecule is Clc1ncc(CNc2ccc3nc(-c4ccc(Br)cc4)[nH]c3c2)s1. The van der Waals surface area contributed by atoms with Gasteiger partial charge in [0.15, 0.2) is 4.47 Å². The average molecular weight is 420 g/mol. The number of H-pyrrole nitrogens is 1. The predicted octanol–water partition coefficient (Wildman–Crippen LogP) is 5.71. The van der Waals surface area contributed by atoms with Crippen LogP contribution in [0.2, 0.25) is 4.47 Å². The number of halogens is 2. The summed E-state index contributed by atoms with van der Waals surface area (Å²) < 4.78 is 1.62. The summed E-state index contributed by atoms with van der Waals surface area (Å²) in [5.74, 6) is 0.865. The Hall–Kier alpha value is -1.89. The Morgan fingerprint density at radius 2 is 2.00 bits per heavy atom. The van der Waals surface area contributed by atoms with Gasteiger partial charge < -0.3 is 10.3 Å². The van der Waals surface area contributed by atoms with E-state index in [1.54, 1.807) is 6.20 Å². The van der Waals surface area contributed by atoms with Crippen molar-refractivity contribution in [3.8, 4) is 11.4 Å². The highest BCUT2D eigenvalue weighted by atomic mass is 79.9. The number of thiazole rings is 1. The third kappa shape index (κ3) is 3.31. The molecule has 4 rings (SSSR count). The molecule has 0 aliphatic heterocycles. The van der Waals surface area contributed by atoms with Crippen LogP contribution in [0.1, 0.15) is 4.88 Å². The molecule has 24 heavy (non-hydrogen) atoms. The number of nitrogens with zero attached hydrogens (tertiary/aromatic N) is 2. The number of hydrogen-bond donors (Lipinski definition) is 2. The predicted molar refractivity (Wildman–Crippen MR) is 104 cm³/mol. The van der Waals surface area contributed by atoms with Crippen molar-refractivity contribution in [1.29, 1.82) is 0 Å². The number of imidazole rings is 1. The summed E-state index contributed by atoms with van der Waals surface area (Å²) in [6.45, 7) is 0.698. The van der Waals surface area contributed by atoms with E-state index in [-0.39, 0.29) is 0 Å². The van der Waals surface area contributed by atoms with Crippen LogP contribution in [0.5, 0.6) is 0 Å². The molecule has 4 aromatic rings. The van der Waals surface area contributed by atoms with Crippen molar-refractivity contribution in [1.82, 2.24) is 15.0 Å². The maximum Gasteiger partial charge on any atom is 0.183 e. The fourth-order valence-electron chi connectivity index (χ4n) is 2.42. The third-order valence-electron chi connectivity index (χ3n) is 3.59. The summed E-state index contributed by atoms with van der Waals surface area (Å²) in [7, 11) is 0. The van der Waals surface area contributed by atoms with Crippen LogP contribution in [0, 0.1) is 0 Å². The number of rotatable bonds is 4. The maximum absolute atomic E-state index is 5.85. The summed E-state index contributed by atoms with van der Waals surface area (Å²) in [5.41, 5.74) is 4.03. The molecule has 2 N–H and O–H groups in total. The smallest absolute Gasteiger partial charge is 0.183 e. The van der Waals surface area contributed by atoms with Gasteiger partial charge in [-0.05, 0) is 30.3 Å². The van der Waals surface area contributed by atoms with E-state index < -0.39 is 0 Å². The topological polar surface area (TPSA) is 53.6 Å². The molecule has 7 heteroatoms. The summed E-state index contributed by atoms with van der Waals surface area (Å²) in [5, 5.41) is 3.38. The van der Waals surface area contributed by atoms with Gasteiger partial charge in [0.25, 0.3) is 0 Å². The Labute approximate surface area is 156 Å². The fraction of sp³-hybridized carbons (Fsp3) is 0.0588. The fourth-order valence-corrected chi connectivity index (χ4v) is 3.60. The van der Waals surface area contributed by atoms with E-state index in [4.69, 9.17) is 11.6 Å². The van der Waals surface area contributed by atoms with Crippen LogP contribution in [0.4, 0.5) is 5.69 Å². The minimum Gasteiger partial charge on any atom is -0.380 e. The number of hydrogen-bond acceptors (Lipinski definition) is 4. The molecule has 0 saturated carbocycles. The third-order valence-corrected chi connectivity index (χ3v) is 5.24. The van der Waals surface area contributed by atoms with Crippen molar-refractivity contribution in [2.45, 2.75) is 6.54 Å². The van der Waals surface area contributed by atoms with E-state index >= 15 is 0 Å². The first kappa shape index (κ1) is 15.6. The van der Waals surface area contributed by atoms with Crippen molar-refractivity contribution in [2.75, 3.05) is 5.32 Å². The van der Waals surface area contributed by atoms with Crippen molar-refractivity contribution >= 4 is 55.6 Å². The van der Waals surface area contributed by atoms with Crippen molar-refractivity contribution in [2.24, 2.45) is 0 Å². The zero-order chi connectivity index (χ0) is 16.5. The second-order valence-corrected chi connectivity index (χ2v) is 7.87. The molecule has 0 amide bonds. The van der Waals surface area contributed by atoms with Gasteiger partial charge in [-0.2, -0.15) is 0 Å². The van der Waals surface area contributed by atoms with Crippen LogP contribution in [-0.2, 0) is 6.54 Å². The first-order chi connectivity index (χ1) is 11.7. The molecule has 2 aromatic carbocycles. The van der Waals surface area contributed by atoms with Crippen LogP contribution in [0.3, 0.4) is 0 Å². The zero-order valence-electron chi connectivity index (χ0n) is 12.4. The van der Waals surface area contributed by atoms with E-state index in [2.05, 4.69) is 42.3 Å². The summed E-state index contributed by atoms with van der Waals surface area (Å²) in [6.07, 6.45) is 1.79. The van der Waals surface area contributed by atoms with Crippen LogP contribution in [-0.4, -0.2) is 15.0 Å². The van der Waals surface area contributed by atoms with Crippen molar-refractivity contribution in [3.05, 3.63) is 62.5 Å². The molecule has 0 radical (unpaired) electrons. The normalized spacial score (nSPS) is 11.1. The van der Waals surface area contributed by atoms with Gasteiger partial charge in [-0.15, -0.1) is 11.3 Å². The zero-order valence-corrected chi connectivity index (χ0v) is 15.5. The van der Waals surface area contributed by atoms with E-state index in [1.165, 1.54) is 11.3 Å². The lowest BCUT2D eigenvalue weighted by molar-refractivity contribution is 1.18. The lowest BCUT2D eigenvalue weighted by Crippen LogP contribution is -1.96. The average Bonchev–Trinajstić information content (AvgIpc) is 3.19. The molecule has 0 atom stereocenters. The Balaban J connectivity index is 1.57. The summed E-state index contributed by atoms with van der Waals surface area (Å²) >= 11 is 10.8. The first-order valence-electron chi connectivity index (χ1n) is 7.27. The van der Waals surface area contributed by atoms with Gasteiger partial charge in [0.05, 0.1) is 17.6 Å². The minimum atomic E-state index is 0.565. The van der Waals surface area contributed by atoms with E-state index in [0.717, 1.165) is 37.5 Å². The quantitative estimate of drug-likeness (QED) is 0.445. The largest absolute Gasteiger partial charge is 0.380 e. The number of aromatic amines is 1. The molecule has 2 heterocycles. The Bertz CT molecular complexity index is 993. The van der Waals surface area contributed by atoms with Gasteiger partial charge in [0.1, 0.15) is 5.82 Å². The highest BCUT2D eigenvalue weighted by Crippen LogP contribution is 2.25. The van der Waals surface area contributed by atoms with Crippen molar-refractivity contribution in [3.63, 3.8) is 0 Å². The molecule has 2 aromatic heterocycles. The molecule has 120 valence electrons. The van der Waals surface area contributed by atoms with Crippen LogP contribution in [0.15, 0.2) is 53.1 Å². The number of nitrogens with one attached hydrogen (secondary N) is 2. The van der Waals surface area contributed by atoms with E-state index in [1.807, 2.05) is 36.4 Å². The number of benzene rings is 2. The molecule has 0 aliphatic rings. The van der Waals surface area contributed by atoms with Crippen LogP contribution >= 0.6 is 38.9 Å². The number of fused-ring (bicyclic) bond motifs is 1. The monoisotopic (exact) mass is 418 g/mol. The summed E-state index contributed by atoms with van der Waals surface area (Å²) in [6, 6.07) is 14.2. The van der Waals surface area contributed by atoms with Gasteiger partial charge >= 0.3 is 0 Å². The second-order valence-electron chi connectivity index (χ2n) is 5.26. The standard InChI is InChI=1S/C17H12BrClN4S/c18-11-3-1-10(2-4-11)16-22-14-6-5-12(7-15(14)23-16)20-8-13-9-21-17(19)24-13/h1-7,9,20H,8H2,(H,22,23). The molecule has 0 fully saturated rings. The molecule has 4 nitrogen and oxygen atoms in total. The Morgan fingerprint density at radius 1 is 1.17 bits per heavy atom. The minimum absolute atomic E-state index is 0.565. The molecule has 0 spiro atoms. The molecule has 0 saturated heterocycles. The Morgan fingerprint density at radius 3 is 2.75 bits per heavy atom. The molecular weight excluding hydrogens is 408 g/mol. The molecule has 0 unspecified atom stereocenters. The van der Waals surface area contributed by atoms with Gasteiger partial charge in [-0.1, -0.05) is 39.7 Å². The lowest BCUT2D eigenvalue weighted by atomic mass is 10.2. The van der Waals surface area contributed by atoms with Gasteiger partial charge in [-0.25, -0.2) is 9.97 Å². The first-order valence-corrected chi connectivity index (χ1v) is 9.26. The van der Waals surface area contributed by atoms with E-state index in [0.29, 0.717) is 11.0 Å². The maximum atomic E-state index is 5.85. The highest BCUT2D eigenvalue weighted by molar-refractivity contribution is 9.10. The van der Waals surface area contributed by atoms with Gasteiger partial charge in [0, 0.05) is 26.8 Å². The second kappa shape index (κ2) is 6.55. The van der Waals surface area contributed by atoms with Crippen molar-refractivity contribution < 1.29 is 0 Å². The summed E-state index contributed by atoms with van der Waals surface area (Å²) in [4.78, 5) is 13.2. The van der Waals surface area contributed by atoms with Gasteiger partial charge in [-0.3, -0.25) is 0 Å².